The minimum absolute atomic E-state index is 0. The molecule has 1 amide bonds. The van der Waals surface area contributed by atoms with Crippen molar-refractivity contribution in [2.24, 2.45) is 11.7 Å². The molecule has 2 unspecified atom stereocenters. The summed E-state index contributed by atoms with van der Waals surface area (Å²) in [6, 6.07) is 8.14. The fourth-order valence-electron chi connectivity index (χ4n) is 2.93. The van der Waals surface area contributed by atoms with Gasteiger partial charge in [0.2, 0.25) is 5.91 Å². The van der Waals surface area contributed by atoms with Crippen molar-refractivity contribution < 1.29 is 4.79 Å². The molecule has 1 saturated heterocycles. The van der Waals surface area contributed by atoms with Gasteiger partial charge in [-0.25, -0.2) is 0 Å². The quantitative estimate of drug-likeness (QED) is 0.912. The molecule has 1 aliphatic heterocycles. The van der Waals surface area contributed by atoms with E-state index in [0.29, 0.717) is 11.8 Å². The number of carbonyl (C=O) groups is 1. The van der Waals surface area contributed by atoms with E-state index in [-0.39, 0.29) is 24.4 Å². The minimum atomic E-state index is 0. The van der Waals surface area contributed by atoms with E-state index in [9.17, 15) is 4.79 Å². The molecule has 1 saturated carbocycles. The molecule has 5 heteroatoms. The van der Waals surface area contributed by atoms with E-state index in [1.54, 1.807) is 0 Å². The third kappa shape index (κ3) is 3.27. The summed E-state index contributed by atoms with van der Waals surface area (Å²) in [6.07, 6.45) is 2.82. The molecule has 0 spiro atoms. The van der Waals surface area contributed by atoms with Crippen molar-refractivity contribution in [2.45, 2.75) is 31.2 Å². The van der Waals surface area contributed by atoms with E-state index >= 15 is 0 Å². The van der Waals surface area contributed by atoms with E-state index < -0.39 is 0 Å². The number of hydrogen-bond donors (Lipinski definition) is 1. The van der Waals surface area contributed by atoms with Gasteiger partial charge in [0.05, 0.1) is 0 Å². The first kappa shape index (κ1) is 15.6. The number of carbonyl (C=O) groups excluding carboxylic acids is 1. The zero-order chi connectivity index (χ0) is 13.4. The maximum Gasteiger partial charge on any atom is 0.226 e. The molecule has 1 aromatic carbocycles. The highest BCUT2D eigenvalue weighted by Gasteiger charge is 2.46. The Morgan fingerprint density at radius 2 is 2.00 bits per heavy atom. The van der Waals surface area contributed by atoms with Crippen molar-refractivity contribution in [3.8, 4) is 0 Å². The summed E-state index contributed by atoms with van der Waals surface area (Å²) >= 11 is 6.00. The van der Waals surface area contributed by atoms with Crippen molar-refractivity contribution in [2.75, 3.05) is 13.1 Å². The number of nitrogens with zero attached hydrogens (tertiary/aromatic N) is 1. The van der Waals surface area contributed by atoms with Crippen LogP contribution in [0.5, 0.6) is 0 Å². The van der Waals surface area contributed by atoms with Gasteiger partial charge in [-0.1, -0.05) is 23.7 Å². The Morgan fingerprint density at radius 3 is 2.65 bits per heavy atom. The fraction of sp³-hybridized carbons (Fsp3) is 0.533. The summed E-state index contributed by atoms with van der Waals surface area (Å²) in [5.41, 5.74) is 7.07. The lowest BCUT2D eigenvalue weighted by atomic mass is 10.0. The zero-order valence-electron chi connectivity index (χ0n) is 11.3. The van der Waals surface area contributed by atoms with Gasteiger partial charge in [-0.3, -0.25) is 4.79 Å². The van der Waals surface area contributed by atoms with Gasteiger partial charge >= 0.3 is 0 Å². The lowest BCUT2D eigenvalue weighted by Crippen LogP contribution is -2.43. The summed E-state index contributed by atoms with van der Waals surface area (Å²) in [6.45, 7) is 1.64. The topological polar surface area (TPSA) is 46.3 Å². The van der Waals surface area contributed by atoms with Crippen LogP contribution < -0.4 is 5.73 Å². The molecule has 1 aromatic rings. The number of benzene rings is 1. The molecule has 2 atom stereocenters. The summed E-state index contributed by atoms with van der Waals surface area (Å²) in [5, 5.41) is 0.750. The molecule has 1 aliphatic carbocycles. The van der Waals surface area contributed by atoms with Crippen LogP contribution >= 0.6 is 24.0 Å². The number of likely N-dealkylation sites (tertiary alicyclic amines) is 1. The molecule has 20 heavy (non-hydrogen) atoms. The first-order chi connectivity index (χ1) is 9.15. The smallest absolute Gasteiger partial charge is 0.226 e. The predicted octanol–water partition coefficient (Wildman–Crippen LogP) is 2.82. The average molecular weight is 315 g/mol. The van der Waals surface area contributed by atoms with E-state index in [0.717, 1.165) is 37.4 Å². The molecule has 2 fully saturated rings. The van der Waals surface area contributed by atoms with E-state index in [1.165, 1.54) is 5.56 Å². The normalized spacial score (nSPS) is 26.0. The Bertz CT molecular complexity index is 487. The van der Waals surface area contributed by atoms with Crippen molar-refractivity contribution in [3.05, 3.63) is 34.9 Å². The van der Waals surface area contributed by atoms with Crippen LogP contribution in [0.4, 0.5) is 0 Å². The maximum atomic E-state index is 12.4. The molecule has 110 valence electrons. The highest BCUT2D eigenvalue weighted by molar-refractivity contribution is 6.30. The monoisotopic (exact) mass is 314 g/mol. The van der Waals surface area contributed by atoms with Gasteiger partial charge in [0.15, 0.2) is 0 Å². The minimum Gasteiger partial charge on any atom is -0.342 e. The van der Waals surface area contributed by atoms with Crippen LogP contribution in [0.25, 0.3) is 0 Å². The third-order valence-electron chi connectivity index (χ3n) is 4.24. The number of nitrogens with two attached hydrogens (primary N) is 1. The van der Waals surface area contributed by atoms with Crippen LogP contribution in [-0.4, -0.2) is 29.9 Å². The van der Waals surface area contributed by atoms with Gasteiger partial charge in [-0.15, -0.1) is 12.4 Å². The molecule has 2 N–H and O–H groups in total. The van der Waals surface area contributed by atoms with Crippen LogP contribution in [0.2, 0.25) is 5.02 Å². The highest BCUT2D eigenvalue weighted by Crippen LogP contribution is 2.49. The largest absolute Gasteiger partial charge is 0.342 e. The molecule has 3 rings (SSSR count). The first-order valence-electron chi connectivity index (χ1n) is 6.95. The van der Waals surface area contributed by atoms with Gasteiger partial charge in [0.25, 0.3) is 0 Å². The van der Waals surface area contributed by atoms with Crippen LogP contribution in [0.15, 0.2) is 24.3 Å². The highest BCUT2D eigenvalue weighted by atomic mass is 35.5. The second-order valence-corrected chi connectivity index (χ2v) is 6.10. The van der Waals surface area contributed by atoms with Gasteiger partial charge < -0.3 is 10.6 Å². The second-order valence-electron chi connectivity index (χ2n) is 5.67. The van der Waals surface area contributed by atoms with Crippen LogP contribution in [0.1, 0.15) is 30.7 Å². The van der Waals surface area contributed by atoms with Gasteiger partial charge in [-0.05, 0) is 42.9 Å². The summed E-state index contributed by atoms with van der Waals surface area (Å²) < 4.78 is 0. The lowest BCUT2D eigenvalue weighted by Gasteiger charge is -2.30. The molecule has 2 aliphatic rings. The first-order valence-corrected chi connectivity index (χ1v) is 7.33. The molecule has 3 nitrogen and oxygen atoms in total. The Hall–Kier alpha value is -0.770. The number of rotatable bonds is 2. The third-order valence-corrected chi connectivity index (χ3v) is 4.47. The predicted molar refractivity (Wildman–Crippen MR) is 83.3 cm³/mol. The van der Waals surface area contributed by atoms with Crippen molar-refractivity contribution in [1.29, 1.82) is 0 Å². The van der Waals surface area contributed by atoms with Crippen molar-refractivity contribution in [3.63, 3.8) is 0 Å². The fourth-order valence-corrected chi connectivity index (χ4v) is 3.13. The Morgan fingerprint density at radius 1 is 1.30 bits per heavy atom. The van der Waals surface area contributed by atoms with Crippen LogP contribution in [-0.2, 0) is 4.79 Å². The second kappa shape index (κ2) is 6.33. The summed E-state index contributed by atoms with van der Waals surface area (Å²) in [4.78, 5) is 14.4. The SMILES string of the molecule is Cl.NC1CCN(C(=O)C2CC2c2cccc(Cl)c2)CC1. The zero-order valence-corrected chi connectivity index (χ0v) is 12.9. The molecule has 1 heterocycles. The summed E-state index contributed by atoms with van der Waals surface area (Å²) in [7, 11) is 0. The lowest BCUT2D eigenvalue weighted by molar-refractivity contribution is -0.133. The van der Waals surface area contributed by atoms with Gasteiger partial charge in [-0.2, -0.15) is 0 Å². The number of hydrogen-bond acceptors (Lipinski definition) is 2. The molecular formula is C15H20Cl2N2O. The number of piperidine rings is 1. The van der Waals surface area contributed by atoms with Gasteiger partial charge in [0.1, 0.15) is 0 Å². The van der Waals surface area contributed by atoms with Crippen molar-refractivity contribution >= 4 is 29.9 Å². The molecule has 0 bridgehead atoms. The van der Waals surface area contributed by atoms with Gasteiger partial charge in [0, 0.05) is 30.1 Å². The standard InChI is InChI=1S/C15H19ClN2O.ClH/c16-11-3-1-2-10(8-11)13-9-14(13)15(19)18-6-4-12(17)5-7-18;/h1-3,8,12-14H,4-7,9,17H2;1H. The Kier molecular flexibility index (Phi) is 4.95. The number of amides is 1. The molecule has 0 radical (unpaired) electrons. The van der Waals surface area contributed by atoms with E-state index in [2.05, 4.69) is 6.07 Å². The van der Waals surface area contributed by atoms with Crippen LogP contribution in [0, 0.1) is 5.92 Å². The number of halogens is 2. The van der Waals surface area contributed by atoms with Crippen molar-refractivity contribution in [1.82, 2.24) is 4.90 Å². The maximum absolute atomic E-state index is 12.4. The average Bonchev–Trinajstić information content (AvgIpc) is 3.19. The summed E-state index contributed by atoms with van der Waals surface area (Å²) in [5.74, 6) is 0.825. The van der Waals surface area contributed by atoms with Crippen LogP contribution in [0.3, 0.4) is 0 Å². The molecule has 0 aromatic heterocycles. The van der Waals surface area contributed by atoms with E-state index in [1.807, 2.05) is 23.1 Å². The van der Waals surface area contributed by atoms with E-state index in [4.69, 9.17) is 17.3 Å². The Balaban J connectivity index is 0.00000147. The Labute approximate surface area is 130 Å². The molecular weight excluding hydrogens is 295 g/mol.